The van der Waals surface area contributed by atoms with Gasteiger partial charge in [0.2, 0.25) is 0 Å². The van der Waals surface area contributed by atoms with Gasteiger partial charge >= 0.3 is 5.97 Å². The molecule has 5 nitrogen and oxygen atoms in total. The number of esters is 1. The maximum absolute atomic E-state index is 11.6. The normalized spacial score (nSPS) is 14.2. The predicted octanol–water partition coefficient (Wildman–Crippen LogP) is 1.12. The molecule has 1 fully saturated rings. The number of nitrogens with one attached hydrogen (secondary N) is 1. The van der Waals surface area contributed by atoms with Crippen LogP contribution in [0.15, 0.2) is 18.5 Å². The summed E-state index contributed by atoms with van der Waals surface area (Å²) in [6.45, 7) is 3.66. The molecule has 0 atom stereocenters. The van der Waals surface area contributed by atoms with Crippen molar-refractivity contribution in [3.63, 3.8) is 0 Å². The van der Waals surface area contributed by atoms with Crippen LogP contribution in [-0.2, 0) is 4.74 Å². The summed E-state index contributed by atoms with van der Waals surface area (Å²) in [5, 5.41) is 3.27. The lowest BCUT2D eigenvalue weighted by Gasteiger charge is -2.30. The Balaban J connectivity index is 0.00000144. The Hall–Kier alpha value is -1.04. The zero-order valence-electron chi connectivity index (χ0n) is 10.1. The van der Waals surface area contributed by atoms with E-state index in [1.807, 2.05) is 6.07 Å². The number of piperazine rings is 1. The number of halogens is 2. The van der Waals surface area contributed by atoms with Gasteiger partial charge in [0.05, 0.1) is 12.8 Å². The molecule has 2 heterocycles. The molecule has 1 saturated heterocycles. The Morgan fingerprint density at radius 1 is 1.39 bits per heavy atom. The van der Waals surface area contributed by atoms with Crippen LogP contribution in [0.4, 0.5) is 5.69 Å². The van der Waals surface area contributed by atoms with Crippen molar-refractivity contribution >= 4 is 36.5 Å². The quantitative estimate of drug-likeness (QED) is 0.828. The summed E-state index contributed by atoms with van der Waals surface area (Å²) < 4.78 is 4.75. The number of rotatable bonds is 2. The molecule has 0 spiro atoms. The lowest BCUT2D eigenvalue weighted by molar-refractivity contribution is 0.0601. The van der Waals surface area contributed by atoms with E-state index >= 15 is 0 Å². The van der Waals surface area contributed by atoms with E-state index in [0.717, 1.165) is 31.9 Å². The Labute approximate surface area is 119 Å². The van der Waals surface area contributed by atoms with Gasteiger partial charge in [0, 0.05) is 38.6 Å². The zero-order chi connectivity index (χ0) is 11.4. The summed E-state index contributed by atoms with van der Waals surface area (Å²) in [6, 6.07) is 1.86. The van der Waals surface area contributed by atoms with Crippen LogP contribution < -0.4 is 10.2 Å². The van der Waals surface area contributed by atoms with E-state index in [9.17, 15) is 4.79 Å². The maximum Gasteiger partial charge on any atom is 0.341 e. The van der Waals surface area contributed by atoms with Gasteiger partial charge in [-0.15, -0.1) is 24.8 Å². The van der Waals surface area contributed by atoms with Crippen LogP contribution in [0.1, 0.15) is 10.4 Å². The fourth-order valence-corrected chi connectivity index (χ4v) is 1.84. The first-order valence-electron chi connectivity index (χ1n) is 5.31. The Kier molecular flexibility index (Phi) is 7.66. The Morgan fingerprint density at radius 3 is 2.67 bits per heavy atom. The number of pyridine rings is 1. The number of aromatic nitrogens is 1. The van der Waals surface area contributed by atoms with Crippen LogP contribution in [0.2, 0.25) is 0 Å². The monoisotopic (exact) mass is 293 g/mol. The van der Waals surface area contributed by atoms with E-state index in [1.54, 1.807) is 12.4 Å². The lowest BCUT2D eigenvalue weighted by Crippen LogP contribution is -2.44. The third kappa shape index (κ3) is 3.73. The number of ether oxygens (including phenoxy) is 1. The summed E-state index contributed by atoms with van der Waals surface area (Å²) in [5.74, 6) is -0.332. The SMILES string of the molecule is COC(=O)c1cnccc1N1CCNCC1.Cl.Cl. The van der Waals surface area contributed by atoms with Crippen LogP contribution in [0.25, 0.3) is 0 Å². The van der Waals surface area contributed by atoms with Crippen molar-refractivity contribution in [2.75, 3.05) is 38.2 Å². The fraction of sp³-hybridized carbons (Fsp3) is 0.455. The van der Waals surface area contributed by atoms with E-state index in [-0.39, 0.29) is 30.8 Å². The smallest absolute Gasteiger partial charge is 0.341 e. The van der Waals surface area contributed by atoms with Crippen molar-refractivity contribution in [2.45, 2.75) is 0 Å². The molecule has 0 amide bonds. The fourth-order valence-electron chi connectivity index (χ4n) is 1.84. The van der Waals surface area contributed by atoms with Crippen molar-refractivity contribution < 1.29 is 9.53 Å². The van der Waals surface area contributed by atoms with E-state index in [1.165, 1.54) is 7.11 Å². The third-order valence-corrected chi connectivity index (χ3v) is 2.66. The van der Waals surface area contributed by atoms with Gasteiger partial charge in [0.1, 0.15) is 5.56 Å². The zero-order valence-corrected chi connectivity index (χ0v) is 11.7. The highest BCUT2D eigenvalue weighted by molar-refractivity contribution is 5.95. The van der Waals surface area contributed by atoms with Crippen molar-refractivity contribution in [2.24, 2.45) is 0 Å². The second kappa shape index (κ2) is 8.13. The second-order valence-electron chi connectivity index (χ2n) is 3.62. The molecule has 1 aliphatic heterocycles. The van der Waals surface area contributed by atoms with Gasteiger partial charge in [-0.25, -0.2) is 4.79 Å². The van der Waals surface area contributed by atoms with Gasteiger partial charge in [-0.1, -0.05) is 0 Å². The largest absolute Gasteiger partial charge is 0.465 e. The Morgan fingerprint density at radius 2 is 2.06 bits per heavy atom. The Bertz CT molecular complexity index is 384. The minimum Gasteiger partial charge on any atom is -0.465 e. The molecule has 18 heavy (non-hydrogen) atoms. The number of anilines is 1. The standard InChI is InChI=1S/C11H15N3O2.2ClH/c1-16-11(15)9-8-13-3-2-10(9)14-6-4-12-5-7-14;;/h2-3,8,12H,4-7H2,1H3;2*1H. The first-order valence-corrected chi connectivity index (χ1v) is 5.31. The summed E-state index contributed by atoms with van der Waals surface area (Å²) in [4.78, 5) is 17.7. The van der Waals surface area contributed by atoms with Crippen LogP contribution in [0.5, 0.6) is 0 Å². The van der Waals surface area contributed by atoms with Crippen molar-refractivity contribution in [1.29, 1.82) is 0 Å². The number of carbonyl (C=O) groups excluding carboxylic acids is 1. The molecule has 0 bridgehead atoms. The van der Waals surface area contributed by atoms with E-state index < -0.39 is 0 Å². The topological polar surface area (TPSA) is 54.5 Å². The average molecular weight is 294 g/mol. The lowest BCUT2D eigenvalue weighted by atomic mass is 10.2. The van der Waals surface area contributed by atoms with Crippen molar-refractivity contribution in [3.05, 3.63) is 24.0 Å². The molecule has 1 N–H and O–H groups in total. The minimum atomic E-state index is -0.332. The molecule has 2 rings (SSSR count). The van der Waals surface area contributed by atoms with Crippen LogP contribution in [-0.4, -0.2) is 44.2 Å². The van der Waals surface area contributed by atoms with Gasteiger partial charge < -0.3 is 15.0 Å². The molecular formula is C11H17Cl2N3O2. The number of nitrogens with zero attached hydrogens (tertiary/aromatic N) is 2. The van der Waals surface area contributed by atoms with E-state index in [4.69, 9.17) is 4.74 Å². The van der Waals surface area contributed by atoms with Crippen LogP contribution in [0.3, 0.4) is 0 Å². The summed E-state index contributed by atoms with van der Waals surface area (Å²) >= 11 is 0. The first kappa shape index (κ1) is 17.0. The molecule has 0 saturated carbocycles. The van der Waals surface area contributed by atoms with Crippen molar-refractivity contribution in [1.82, 2.24) is 10.3 Å². The molecular weight excluding hydrogens is 277 g/mol. The molecule has 0 unspecified atom stereocenters. The molecule has 1 aliphatic rings. The van der Waals surface area contributed by atoms with Gasteiger partial charge in [-0.3, -0.25) is 4.98 Å². The summed E-state index contributed by atoms with van der Waals surface area (Å²) in [5.41, 5.74) is 1.44. The molecule has 102 valence electrons. The first-order chi connectivity index (χ1) is 7.83. The minimum absolute atomic E-state index is 0. The molecule has 0 aromatic carbocycles. The molecule has 1 aromatic heterocycles. The van der Waals surface area contributed by atoms with Crippen LogP contribution in [0, 0.1) is 0 Å². The van der Waals surface area contributed by atoms with Crippen LogP contribution >= 0.6 is 24.8 Å². The highest BCUT2D eigenvalue weighted by atomic mass is 35.5. The third-order valence-electron chi connectivity index (χ3n) is 2.66. The number of methoxy groups -OCH3 is 1. The van der Waals surface area contributed by atoms with Gasteiger partial charge in [0.15, 0.2) is 0 Å². The van der Waals surface area contributed by atoms with Gasteiger partial charge in [-0.2, -0.15) is 0 Å². The van der Waals surface area contributed by atoms with Gasteiger partial charge in [-0.05, 0) is 6.07 Å². The molecule has 0 aliphatic carbocycles. The van der Waals surface area contributed by atoms with Gasteiger partial charge in [0.25, 0.3) is 0 Å². The van der Waals surface area contributed by atoms with E-state index in [2.05, 4.69) is 15.2 Å². The molecule has 1 aromatic rings. The summed E-state index contributed by atoms with van der Waals surface area (Å²) in [7, 11) is 1.39. The van der Waals surface area contributed by atoms with Crippen molar-refractivity contribution in [3.8, 4) is 0 Å². The number of hydrogen-bond donors (Lipinski definition) is 1. The average Bonchev–Trinajstić information content (AvgIpc) is 2.39. The molecule has 0 radical (unpaired) electrons. The number of hydrogen-bond acceptors (Lipinski definition) is 5. The highest BCUT2D eigenvalue weighted by Gasteiger charge is 2.18. The van der Waals surface area contributed by atoms with E-state index in [0.29, 0.717) is 5.56 Å². The summed E-state index contributed by atoms with van der Waals surface area (Å²) in [6.07, 6.45) is 3.26. The number of carbonyl (C=O) groups is 1. The highest BCUT2D eigenvalue weighted by Crippen LogP contribution is 2.20. The second-order valence-corrected chi connectivity index (χ2v) is 3.62. The molecule has 7 heteroatoms. The maximum atomic E-state index is 11.6. The predicted molar refractivity (Wildman–Crippen MR) is 75.2 cm³/mol.